The van der Waals surface area contributed by atoms with Crippen molar-refractivity contribution in [1.82, 2.24) is 0 Å². The molecular formula is C12H14F2N2O2. The van der Waals surface area contributed by atoms with E-state index in [1.54, 1.807) is 0 Å². The number of anilines is 1. The van der Waals surface area contributed by atoms with Gasteiger partial charge in [0.2, 0.25) is 5.91 Å². The zero-order valence-electron chi connectivity index (χ0n) is 9.66. The van der Waals surface area contributed by atoms with E-state index < -0.39 is 12.0 Å². The highest BCUT2D eigenvalue weighted by molar-refractivity contribution is 5.97. The highest BCUT2D eigenvalue weighted by Gasteiger charge is 2.48. The Morgan fingerprint density at radius 3 is 2.44 bits per heavy atom. The summed E-state index contributed by atoms with van der Waals surface area (Å²) < 4.78 is 28.1. The Morgan fingerprint density at radius 2 is 2.00 bits per heavy atom. The topological polar surface area (TPSA) is 64.4 Å². The summed E-state index contributed by atoms with van der Waals surface area (Å²) in [5.74, 6) is -0.0597. The average molecular weight is 256 g/mol. The first-order valence-electron chi connectivity index (χ1n) is 5.62. The minimum atomic E-state index is -2.85. The average Bonchev–Trinajstić information content (AvgIpc) is 3.12. The van der Waals surface area contributed by atoms with E-state index in [2.05, 4.69) is 10.1 Å². The Morgan fingerprint density at radius 1 is 1.39 bits per heavy atom. The van der Waals surface area contributed by atoms with Crippen LogP contribution in [0.2, 0.25) is 0 Å². The Hall–Kier alpha value is -1.69. The van der Waals surface area contributed by atoms with E-state index in [0.717, 1.165) is 12.8 Å². The van der Waals surface area contributed by atoms with E-state index >= 15 is 0 Å². The van der Waals surface area contributed by atoms with Crippen LogP contribution in [0.25, 0.3) is 0 Å². The molecule has 1 saturated carbocycles. The quantitative estimate of drug-likeness (QED) is 0.846. The molecule has 1 aromatic rings. The van der Waals surface area contributed by atoms with Crippen LogP contribution >= 0.6 is 0 Å². The number of carbonyl (C=O) groups is 1. The smallest absolute Gasteiger partial charge is 0.387 e. The maximum absolute atomic E-state index is 11.9. The van der Waals surface area contributed by atoms with Gasteiger partial charge in [0.1, 0.15) is 5.75 Å². The lowest BCUT2D eigenvalue weighted by molar-refractivity contribution is -0.120. The largest absolute Gasteiger partial charge is 0.435 e. The van der Waals surface area contributed by atoms with E-state index in [0.29, 0.717) is 12.2 Å². The fraction of sp³-hybridized carbons (Fsp3) is 0.417. The van der Waals surface area contributed by atoms with Crippen molar-refractivity contribution in [3.8, 4) is 5.75 Å². The number of nitrogens with two attached hydrogens (primary N) is 1. The van der Waals surface area contributed by atoms with Crippen LogP contribution in [0.5, 0.6) is 5.75 Å². The summed E-state index contributed by atoms with van der Waals surface area (Å²) in [6.07, 6.45) is 1.59. The first kappa shape index (κ1) is 12.8. The van der Waals surface area contributed by atoms with Crippen LogP contribution in [0.15, 0.2) is 24.3 Å². The molecule has 1 aliphatic carbocycles. The molecule has 2 rings (SSSR count). The fourth-order valence-corrected chi connectivity index (χ4v) is 1.66. The number of carbonyl (C=O) groups excluding carboxylic acids is 1. The van der Waals surface area contributed by atoms with Crippen molar-refractivity contribution in [2.45, 2.75) is 19.5 Å². The number of amides is 1. The zero-order valence-corrected chi connectivity index (χ0v) is 9.66. The molecule has 0 saturated heterocycles. The van der Waals surface area contributed by atoms with Gasteiger partial charge in [0.25, 0.3) is 0 Å². The molecule has 0 bridgehead atoms. The first-order valence-corrected chi connectivity index (χ1v) is 5.62. The van der Waals surface area contributed by atoms with Gasteiger partial charge in [-0.1, -0.05) is 0 Å². The Bertz CT molecular complexity index is 430. The van der Waals surface area contributed by atoms with E-state index in [1.807, 2.05) is 0 Å². The van der Waals surface area contributed by atoms with E-state index in [-0.39, 0.29) is 11.7 Å². The molecule has 4 nitrogen and oxygen atoms in total. The summed E-state index contributed by atoms with van der Waals surface area (Å²) in [5.41, 5.74) is 5.65. The molecule has 0 aromatic heterocycles. The zero-order chi connectivity index (χ0) is 13.2. The van der Waals surface area contributed by atoms with Gasteiger partial charge in [0.05, 0.1) is 5.41 Å². The van der Waals surface area contributed by atoms with Gasteiger partial charge in [-0.3, -0.25) is 4.79 Å². The van der Waals surface area contributed by atoms with Crippen LogP contribution in [0.4, 0.5) is 14.5 Å². The summed E-state index contributed by atoms with van der Waals surface area (Å²) in [7, 11) is 0. The number of ether oxygens (including phenoxy) is 1. The van der Waals surface area contributed by atoms with Crippen LogP contribution in [-0.4, -0.2) is 19.1 Å². The predicted molar refractivity (Wildman–Crippen MR) is 62.4 cm³/mol. The molecular weight excluding hydrogens is 242 g/mol. The molecule has 1 aromatic carbocycles. The summed E-state index contributed by atoms with van der Waals surface area (Å²) in [5, 5.41) is 2.71. The van der Waals surface area contributed by atoms with Crippen LogP contribution in [0.1, 0.15) is 12.8 Å². The lowest BCUT2D eigenvalue weighted by atomic mass is 10.1. The normalized spacial score (nSPS) is 16.4. The van der Waals surface area contributed by atoms with E-state index in [4.69, 9.17) is 5.73 Å². The Kier molecular flexibility index (Phi) is 3.47. The van der Waals surface area contributed by atoms with Crippen molar-refractivity contribution in [1.29, 1.82) is 0 Å². The summed E-state index contributed by atoms with van der Waals surface area (Å²) in [6, 6.07) is 5.79. The molecule has 0 unspecified atom stereocenters. The number of alkyl halides is 2. The summed E-state index contributed by atoms with van der Waals surface area (Å²) >= 11 is 0. The molecule has 0 atom stereocenters. The fourth-order valence-electron chi connectivity index (χ4n) is 1.66. The predicted octanol–water partition coefficient (Wildman–Crippen LogP) is 1.97. The van der Waals surface area contributed by atoms with Crippen molar-refractivity contribution in [2.75, 3.05) is 11.9 Å². The van der Waals surface area contributed by atoms with Gasteiger partial charge in [-0.2, -0.15) is 8.78 Å². The number of nitrogens with one attached hydrogen (secondary N) is 1. The van der Waals surface area contributed by atoms with Gasteiger partial charge in [-0.15, -0.1) is 0 Å². The third kappa shape index (κ3) is 2.76. The highest BCUT2D eigenvalue weighted by atomic mass is 19.3. The molecule has 1 fully saturated rings. The third-order valence-electron chi connectivity index (χ3n) is 3.06. The molecule has 1 amide bonds. The second-order valence-corrected chi connectivity index (χ2v) is 4.34. The maximum atomic E-state index is 11.9. The number of halogens is 2. The van der Waals surface area contributed by atoms with Crippen molar-refractivity contribution >= 4 is 11.6 Å². The molecule has 0 spiro atoms. The lowest BCUT2D eigenvalue weighted by Crippen LogP contribution is -2.30. The summed E-state index contributed by atoms with van der Waals surface area (Å²) in [4.78, 5) is 11.8. The van der Waals surface area contributed by atoms with Crippen LogP contribution in [0, 0.1) is 5.41 Å². The minimum absolute atomic E-state index is 0.0583. The highest BCUT2D eigenvalue weighted by Crippen LogP contribution is 2.45. The van der Waals surface area contributed by atoms with Crippen molar-refractivity contribution in [2.24, 2.45) is 11.1 Å². The van der Waals surface area contributed by atoms with Gasteiger partial charge in [-0.05, 0) is 37.1 Å². The maximum Gasteiger partial charge on any atom is 0.387 e. The molecule has 3 N–H and O–H groups in total. The van der Waals surface area contributed by atoms with E-state index in [1.165, 1.54) is 24.3 Å². The van der Waals surface area contributed by atoms with Crippen molar-refractivity contribution in [3.05, 3.63) is 24.3 Å². The first-order chi connectivity index (χ1) is 8.55. The second-order valence-electron chi connectivity index (χ2n) is 4.34. The van der Waals surface area contributed by atoms with Gasteiger partial charge in [0, 0.05) is 12.2 Å². The molecule has 0 radical (unpaired) electrons. The van der Waals surface area contributed by atoms with Gasteiger partial charge < -0.3 is 15.8 Å². The number of hydrogen-bond acceptors (Lipinski definition) is 3. The molecule has 98 valence electrons. The number of hydrogen-bond donors (Lipinski definition) is 2. The van der Waals surface area contributed by atoms with Crippen LogP contribution < -0.4 is 15.8 Å². The van der Waals surface area contributed by atoms with Crippen LogP contribution in [-0.2, 0) is 4.79 Å². The molecule has 0 heterocycles. The third-order valence-corrected chi connectivity index (χ3v) is 3.06. The van der Waals surface area contributed by atoms with Crippen LogP contribution in [0.3, 0.4) is 0 Å². The molecule has 0 aliphatic heterocycles. The monoisotopic (exact) mass is 256 g/mol. The van der Waals surface area contributed by atoms with Crippen molar-refractivity contribution < 1.29 is 18.3 Å². The molecule has 6 heteroatoms. The molecule has 18 heavy (non-hydrogen) atoms. The van der Waals surface area contributed by atoms with Crippen molar-refractivity contribution in [3.63, 3.8) is 0 Å². The summed E-state index contributed by atoms with van der Waals surface area (Å²) in [6.45, 7) is -2.52. The van der Waals surface area contributed by atoms with Gasteiger partial charge >= 0.3 is 6.61 Å². The SMILES string of the molecule is NCC1(C(=O)Nc2ccc(OC(F)F)cc2)CC1. The minimum Gasteiger partial charge on any atom is -0.435 e. The standard InChI is InChI=1S/C12H14F2N2O2/c13-11(14)18-9-3-1-8(2-4-9)16-10(17)12(7-15)5-6-12/h1-4,11H,5-7,15H2,(H,16,17). The van der Waals surface area contributed by atoms with Gasteiger partial charge in [-0.25, -0.2) is 0 Å². The number of rotatable bonds is 5. The van der Waals surface area contributed by atoms with Gasteiger partial charge in [0.15, 0.2) is 0 Å². The number of benzene rings is 1. The molecule has 1 aliphatic rings. The van der Waals surface area contributed by atoms with E-state index in [9.17, 15) is 13.6 Å². The second kappa shape index (κ2) is 4.89. The Balaban J connectivity index is 1.96. The lowest BCUT2D eigenvalue weighted by Gasteiger charge is -2.13. The Labute approximate surface area is 103 Å².